The van der Waals surface area contributed by atoms with E-state index in [9.17, 15) is 9.18 Å². The van der Waals surface area contributed by atoms with Crippen molar-refractivity contribution in [1.29, 1.82) is 0 Å². The van der Waals surface area contributed by atoms with Gasteiger partial charge in [0.15, 0.2) is 5.82 Å². The first-order valence-corrected chi connectivity index (χ1v) is 7.54. The molecule has 1 atom stereocenters. The second-order valence-electron chi connectivity index (χ2n) is 5.44. The lowest BCUT2D eigenvalue weighted by molar-refractivity contribution is -0.131. The van der Waals surface area contributed by atoms with E-state index in [0.29, 0.717) is 17.9 Å². The van der Waals surface area contributed by atoms with Gasteiger partial charge in [0.1, 0.15) is 11.6 Å². The minimum atomic E-state index is -0.406. The summed E-state index contributed by atoms with van der Waals surface area (Å²) in [5.74, 6) is 0.930. The van der Waals surface area contributed by atoms with E-state index < -0.39 is 5.82 Å². The van der Waals surface area contributed by atoms with Crippen LogP contribution in [0, 0.1) is 12.7 Å². The minimum Gasteiger partial charge on any atom is -0.332 e. The summed E-state index contributed by atoms with van der Waals surface area (Å²) in [7, 11) is 0. The smallest absolute Gasteiger partial charge is 0.227 e. The third-order valence-corrected chi connectivity index (χ3v) is 4.19. The Bertz CT molecular complexity index is 703. The van der Waals surface area contributed by atoms with Crippen LogP contribution in [0.5, 0.6) is 0 Å². The number of hydrogen-bond donors (Lipinski definition) is 1. The number of aromatic amines is 1. The predicted molar refractivity (Wildman–Crippen MR) is 79.9 cm³/mol. The van der Waals surface area contributed by atoms with Crippen LogP contribution in [-0.4, -0.2) is 32.5 Å². The van der Waals surface area contributed by atoms with Gasteiger partial charge in [-0.2, -0.15) is 5.10 Å². The topological polar surface area (TPSA) is 61.9 Å². The van der Waals surface area contributed by atoms with Crippen molar-refractivity contribution in [3.8, 4) is 0 Å². The number of aryl methyl sites for hydroxylation is 1. The average molecular weight is 323 g/mol. The lowest BCUT2D eigenvalue weighted by atomic mass is 10.1. The summed E-state index contributed by atoms with van der Waals surface area (Å²) in [6.45, 7) is 2.51. The molecule has 1 N–H and O–H groups in total. The first kappa shape index (κ1) is 15.0. The zero-order valence-electron chi connectivity index (χ0n) is 12.1. The SMILES string of the molecule is Cc1nc([C@H]2CCCN2C(=O)Cc2ccc(F)cc2Cl)n[nH]1. The van der Waals surface area contributed by atoms with Gasteiger partial charge in [-0.05, 0) is 37.5 Å². The van der Waals surface area contributed by atoms with Crippen LogP contribution in [0.15, 0.2) is 18.2 Å². The molecular formula is C15H16ClFN4O. The van der Waals surface area contributed by atoms with Crippen LogP contribution in [0.1, 0.15) is 36.1 Å². The van der Waals surface area contributed by atoms with Crippen molar-refractivity contribution in [2.75, 3.05) is 6.54 Å². The number of benzene rings is 1. The number of nitrogens with one attached hydrogen (secondary N) is 1. The average Bonchev–Trinajstić information content (AvgIpc) is 3.10. The minimum absolute atomic E-state index is 0.0431. The number of carbonyl (C=O) groups excluding carboxylic acids is 1. The number of H-pyrrole nitrogens is 1. The quantitative estimate of drug-likeness (QED) is 0.945. The first-order chi connectivity index (χ1) is 10.5. The number of rotatable bonds is 3. The highest BCUT2D eigenvalue weighted by molar-refractivity contribution is 6.31. The highest BCUT2D eigenvalue weighted by atomic mass is 35.5. The fourth-order valence-corrected chi connectivity index (χ4v) is 3.01. The fraction of sp³-hybridized carbons (Fsp3) is 0.400. The van der Waals surface area contributed by atoms with E-state index >= 15 is 0 Å². The summed E-state index contributed by atoms with van der Waals surface area (Å²) in [5.41, 5.74) is 0.630. The highest BCUT2D eigenvalue weighted by Gasteiger charge is 2.32. The van der Waals surface area contributed by atoms with Crippen molar-refractivity contribution in [3.05, 3.63) is 46.3 Å². The molecule has 3 rings (SSSR count). The molecule has 5 nitrogen and oxygen atoms in total. The molecule has 0 spiro atoms. The molecule has 1 aliphatic rings. The second-order valence-corrected chi connectivity index (χ2v) is 5.84. The van der Waals surface area contributed by atoms with E-state index in [1.165, 1.54) is 12.1 Å². The van der Waals surface area contributed by atoms with Gasteiger partial charge in [-0.15, -0.1) is 0 Å². The number of amides is 1. The Hall–Kier alpha value is -1.95. The zero-order chi connectivity index (χ0) is 15.7. The van der Waals surface area contributed by atoms with Gasteiger partial charge in [0.05, 0.1) is 12.5 Å². The van der Waals surface area contributed by atoms with E-state index in [0.717, 1.165) is 18.7 Å². The summed E-state index contributed by atoms with van der Waals surface area (Å²) < 4.78 is 13.1. The van der Waals surface area contributed by atoms with Crippen molar-refractivity contribution < 1.29 is 9.18 Å². The van der Waals surface area contributed by atoms with Crippen LogP contribution < -0.4 is 0 Å². The molecule has 116 valence electrons. The van der Waals surface area contributed by atoms with Gasteiger partial charge in [0.25, 0.3) is 0 Å². The Kier molecular flexibility index (Phi) is 4.11. The van der Waals surface area contributed by atoms with Gasteiger partial charge >= 0.3 is 0 Å². The number of hydrogen-bond acceptors (Lipinski definition) is 3. The largest absolute Gasteiger partial charge is 0.332 e. The predicted octanol–water partition coefficient (Wildman–Crippen LogP) is 2.81. The molecule has 7 heteroatoms. The third kappa shape index (κ3) is 2.97. The summed E-state index contributed by atoms with van der Waals surface area (Å²) in [6.07, 6.45) is 1.92. The van der Waals surface area contributed by atoms with Crippen molar-refractivity contribution in [3.63, 3.8) is 0 Å². The van der Waals surface area contributed by atoms with Crippen molar-refractivity contribution >= 4 is 17.5 Å². The molecule has 1 aromatic carbocycles. The molecule has 0 unspecified atom stereocenters. The van der Waals surface area contributed by atoms with Gasteiger partial charge < -0.3 is 4.90 Å². The molecule has 22 heavy (non-hydrogen) atoms. The van der Waals surface area contributed by atoms with Crippen LogP contribution in [0.2, 0.25) is 5.02 Å². The van der Waals surface area contributed by atoms with Gasteiger partial charge in [-0.3, -0.25) is 9.89 Å². The molecular weight excluding hydrogens is 307 g/mol. The van der Waals surface area contributed by atoms with E-state index in [1.807, 2.05) is 6.92 Å². The van der Waals surface area contributed by atoms with Gasteiger partial charge in [-0.25, -0.2) is 9.37 Å². The van der Waals surface area contributed by atoms with Gasteiger partial charge in [0.2, 0.25) is 5.91 Å². The van der Waals surface area contributed by atoms with Crippen LogP contribution in [0.4, 0.5) is 4.39 Å². The maximum Gasteiger partial charge on any atom is 0.227 e. The molecule has 1 saturated heterocycles. The molecule has 0 aliphatic carbocycles. The molecule has 0 bridgehead atoms. The Morgan fingerprint density at radius 1 is 1.55 bits per heavy atom. The lowest BCUT2D eigenvalue weighted by Gasteiger charge is -2.22. The van der Waals surface area contributed by atoms with Gasteiger partial charge in [-0.1, -0.05) is 17.7 Å². The number of aromatic nitrogens is 3. The molecule has 0 saturated carbocycles. The van der Waals surface area contributed by atoms with Crippen molar-refractivity contribution in [1.82, 2.24) is 20.1 Å². The Labute approximate surface area is 132 Å². The monoisotopic (exact) mass is 322 g/mol. The standard InChI is InChI=1S/C15H16ClFN4O/c1-9-18-15(20-19-9)13-3-2-6-21(13)14(22)7-10-4-5-11(17)8-12(10)16/h4-5,8,13H,2-3,6-7H2,1H3,(H,18,19,20)/t13-/m1/s1. The first-order valence-electron chi connectivity index (χ1n) is 7.17. The van der Waals surface area contributed by atoms with Crippen molar-refractivity contribution in [2.45, 2.75) is 32.2 Å². The van der Waals surface area contributed by atoms with E-state index in [1.54, 1.807) is 11.0 Å². The Balaban J connectivity index is 1.76. The molecule has 2 aromatic rings. The molecule has 1 aliphatic heterocycles. The zero-order valence-corrected chi connectivity index (χ0v) is 12.9. The van der Waals surface area contributed by atoms with Crippen LogP contribution in [0.25, 0.3) is 0 Å². The third-order valence-electron chi connectivity index (χ3n) is 3.84. The molecule has 2 heterocycles. The van der Waals surface area contributed by atoms with Crippen molar-refractivity contribution in [2.24, 2.45) is 0 Å². The van der Waals surface area contributed by atoms with Crippen LogP contribution >= 0.6 is 11.6 Å². The highest BCUT2D eigenvalue weighted by Crippen LogP contribution is 2.31. The summed E-state index contributed by atoms with van der Waals surface area (Å²) in [4.78, 5) is 18.7. The summed E-state index contributed by atoms with van der Waals surface area (Å²) in [5, 5.41) is 7.24. The molecule has 1 fully saturated rings. The van der Waals surface area contributed by atoms with E-state index in [-0.39, 0.29) is 23.4 Å². The lowest BCUT2D eigenvalue weighted by Crippen LogP contribution is -2.32. The summed E-state index contributed by atoms with van der Waals surface area (Å²) in [6, 6.07) is 3.99. The summed E-state index contributed by atoms with van der Waals surface area (Å²) >= 11 is 6.00. The molecule has 1 aromatic heterocycles. The van der Waals surface area contributed by atoms with Crippen LogP contribution in [0.3, 0.4) is 0 Å². The maximum atomic E-state index is 13.1. The fourth-order valence-electron chi connectivity index (χ4n) is 2.77. The number of carbonyl (C=O) groups is 1. The van der Waals surface area contributed by atoms with Crippen LogP contribution in [-0.2, 0) is 11.2 Å². The molecule has 1 amide bonds. The molecule has 0 radical (unpaired) electrons. The Morgan fingerprint density at radius 2 is 2.36 bits per heavy atom. The number of halogens is 2. The van der Waals surface area contributed by atoms with E-state index in [2.05, 4.69) is 15.2 Å². The second kappa shape index (κ2) is 6.04. The number of likely N-dealkylation sites (tertiary alicyclic amines) is 1. The Morgan fingerprint density at radius 3 is 3.05 bits per heavy atom. The van der Waals surface area contributed by atoms with E-state index in [4.69, 9.17) is 11.6 Å². The van der Waals surface area contributed by atoms with Gasteiger partial charge in [0, 0.05) is 11.6 Å². The normalized spacial score (nSPS) is 18.0. The maximum absolute atomic E-state index is 13.1. The number of nitrogens with zero attached hydrogens (tertiary/aromatic N) is 3.